The molecule has 0 radical (unpaired) electrons. The highest BCUT2D eigenvalue weighted by Gasteiger charge is 2.40. The molecule has 3 heterocycles. The van der Waals surface area contributed by atoms with Crippen LogP contribution in [0.1, 0.15) is 42.4 Å². The van der Waals surface area contributed by atoms with Crippen molar-refractivity contribution in [2.24, 2.45) is 0 Å². The zero-order valence-corrected chi connectivity index (χ0v) is 12.3. The largest absolute Gasteiger partial charge is 0.317 e. The van der Waals surface area contributed by atoms with Gasteiger partial charge in [0.1, 0.15) is 0 Å². The first-order chi connectivity index (χ1) is 8.80. The number of piperidine rings is 1. The van der Waals surface area contributed by atoms with Crippen LogP contribution < -0.4 is 5.32 Å². The maximum atomic E-state index is 3.48. The minimum atomic E-state index is 0.758. The van der Waals surface area contributed by atoms with Gasteiger partial charge in [-0.05, 0) is 51.3 Å². The van der Waals surface area contributed by atoms with E-state index in [1.165, 1.54) is 43.5 Å². The summed E-state index contributed by atoms with van der Waals surface area (Å²) in [7, 11) is 2.12. The minimum Gasteiger partial charge on any atom is -0.317 e. The molecular formula is C15H24N2S. The van der Waals surface area contributed by atoms with E-state index >= 15 is 0 Å². The molecule has 3 heteroatoms. The second kappa shape index (κ2) is 5.32. The van der Waals surface area contributed by atoms with E-state index in [-0.39, 0.29) is 0 Å². The van der Waals surface area contributed by atoms with Gasteiger partial charge in [-0.2, -0.15) is 0 Å². The maximum absolute atomic E-state index is 3.48. The quantitative estimate of drug-likeness (QED) is 0.899. The molecule has 0 spiro atoms. The molecular weight excluding hydrogens is 240 g/mol. The van der Waals surface area contributed by atoms with Crippen molar-refractivity contribution in [3.8, 4) is 0 Å². The molecule has 1 aromatic rings. The first kappa shape index (κ1) is 12.6. The molecule has 1 N–H and O–H groups in total. The number of fused-ring (bicyclic) bond motifs is 2. The molecule has 2 bridgehead atoms. The van der Waals surface area contributed by atoms with E-state index in [0.29, 0.717) is 0 Å². The lowest BCUT2D eigenvalue weighted by Crippen LogP contribution is -2.47. The summed E-state index contributed by atoms with van der Waals surface area (Å²) in [6.07, 6.45) is 6.70. The first-order valence-electron chi connectivity index (χ1n) is 7.30. The van der Waals surface area contributed by atoms with Crippen LogP contribution in [0, 0.1) is 0 Å². The van der Waals surface area contributed by atoms with E-state index in [2.05, 4.69) is 36.3 Å². The standard InChI is InChI=1S/C15H24N2S/c1-3-14-6-7-15(18-14)10-17-12-4-5-13(17)9-11(8-12)16-2/h6-7,11-13,16H,3-5,8-10H2,1-2H3. The monoisotopic (exact) mass is 264 g/mol. The lowest BCUT2D eigenvalue weighted by Gasteiger charge is -2.38. The predicted octanol–water partition coefficient (Wildman–Crippen LogP) is 3.03. The Balaban J connectivity index is 1.67. The van der Waals surface area contributed by atoms with Crippen molar-refractivity contribution in [3.05, 3.63) is 21.9 Å². The Morgan fingerprint density at radius 2 is 1.89 bits per heavy atom. The summed E-state index contributed by atoms with van der Waals surface area (Å²) in [5.74, 6) is 0. The van der Waals surface area contributed by atoms with Gasteiger partial charge in [0.05, 0.1) is 0 Å². The molecule has 2 aliphatic heterocycles. The number of nitrogens with zero attached hydrogens (tertiary/aromatic N) is 1. The van der Waals surface area contributed by atoms with Gasteiger partial charge in [-0.1, -0.05) is 6.92 Å². The van der Waals surface area contributed by atoms with Gasteiger partial charge in [0.2, 0.25) is 0 Å². The topological polar surface area (TPSA) is 15.3 Å². The molecule has 0 saturated carbocycles. The van der Waals surface area contributed by atoms with Crippen LogP contribution in [0.3, 0.4) is 0 Å². The highest BCUT2D eigenvalue weighted by molar-refractivity contribution is 7.11. The van der Waals surface area contributed by atoms with E-state index in [9.17, 15) is 0 Å². The van der Waals surface area contributed by atoms with Crippen LogP contribution in [-0.4, -0.2) is 30.1 Å². The van der Waals surface area contributed by atoms with Gasteiger partial charge in [0, 0.05) is 34.4 Å². The molecule has 2 fully saturated rings. The van der Waals surface area contributed by atoms with Crippen molar-refractivity contribution in [2.75, 3.05) is 7.05 Å². The predicted molar refractivity (Wildman–Crippen MR) is 78.1 cm³/mol. The van der Waals surface area contributed by atoms with Crippen LogP contribution in [0.5, 0.6) is 0 Å². The van der Waals surface area contributed by atoms with Crippen molar-refractivity contribution in [3.63, 3.8) is 0 Å². The van der Waals surface area contributed by atoms with Crippen molar-refractivity contribution >= 4 is 11.3 Å². The van der Waals surface area contributed by atoms with E-state index in [1.54, 1.807) is 4.88 Å². The van der Waals surface area contributed by atoms with Gasteiger partial charge in [-0.3, -0.25) is 4.90 Å². The van der Waals surface area contributed by atoms with Gasteiger partial charge in [-0.15, -0.1) is 11.3 Å². The third-order valence-electron chi connectivity index (χ3n) is 4.70. The van der Waals surface area contributed by atoms with Crippen molar-refractivity contribution < 1.29 is 0 Å². The third kappa shape index (κ3) is 2.36. The fourth-order valence-corrected chi connectivity index (χ4v) is 4.61. The molecule has 2 atom stereocenters. The normalized spacial score (nSPS) is 32.0. The number of thiophene rings is 1. The number of hydrogen-bond donors (Lipinski definition) is 1. The van der Waals surface area contributed by atoms with Gasteiger partial charge in [0.15, 0.2) is 0 Å². The van der Waals surface area contributed by atoms with E-state index < -0.39 is 0 Å². The number of nitrogens with one attached hydrogen (secondary N) is 1. The molecule has 3 rings (SSSR count). The zero-order chi connectivity index (χ0) is 12.5. The summed E-state index contributed by atoms with van der Waals surface area (Å²) in [5, 5.41) is 3.48. The van der Waals surface area contributed by atoms with E-state index in [4.69, 9.17) is 0 Å². The number of aryl methyl sites for hydroxylation is 1. The summed E-state index contributed by atoms with van der Waals surface area (Å²) >= 11 is 2.01. The van der Waals surface area contributed by atoms with Crippen molar-refractivity contribution in [1.29, 1.82) is 0 Å². The SMILES string of the molecule is CCc1ccc(CN2C3CCC2CC(NC)C3)s1. The summed E-state index contributed by atoms with van der Waals surface area (Å²) < 4.78 is 0. The van der Waals surface area contributed by atoms with Crippen LogP contribution in [-0.2, 0) is 13.0 Å². The Hall–Kier alpha value is -0.380. The van der Waals surface area contributed by atoms with Gasteiger partial charge in [0.25, 0.3) is 0 Å². The lowest BCUT2D eigenvalue weighted by molar-refractivity contribution is 0.113. The smallest absolute Gasteiger partial charge is 0.0333 e. The number of hydrogen-bond acceptors (Lipinski definition) is 3. The van der Waals surface area contributed by atoms with Crippen molar-refractivity contribution in [1.82, 2.24) is 10.2 Å². The molecule has 0 amide bonds. The summed E-state index contributed by atoms with van der Waals surface area (Å²) in [5.41, 5.74) is 0. The molecule has 1 aromatic heterocycles. The maximum Gasteiger partial charge on any atom is 0.0333 e. The van der Waals surface area contributed by atoms with Crippen LogP contribution in [0.2, 0.25) is 0 Å². The van der Waals surface area contributed by atoms with Crippen LogP contribution in [0.25, 0.3) is 0 Å². The fourth-order valence-electron chi connectivity index (χ4n) is 3.65. The molecule has 2 nitrogen and oxygen atoms in total. The lowest BCUT2D eigenvalue weighted by atomic mass is 9.97. The van der Waals surface area contributed by atoms with Crippen LogP contribution in [0.4, 0.5) is 0 Å². The van der Waals surface area contributed by atoms with Crippen LogP contribution in [0.15, 0.2) is 12.1 Å². The first-order valence-corrected chi connectivity index (χ1v) is 8.12. The molecule has 2 saturated heterocycles. The van der Waals surface area contributed by atoms with E-state index in [1.807, 2.05) is 11.3 Å². The molecule has 0 aliphatic carbocycles. The Morgan fingerprint density at radius 3 is 2.44 bits per heavy atom. The van der Waals surface area contributed by atoms with Crippen molar-refractivity contribution in [2.45, 2.75) is 63.7 Å². The van der Waals surface area contributed by atoms with Gasteiger partial charge >= 0.3 is 0 Å². The molecule has 100 valence electrons. The average Bonchev–Trinajstić information content (AvgIpc) is 2.93. The van der Waals surface area contributed by atoms with E-state index in [0.717, 1.165) is 18.1 Å². The molecule has 18 heavy (non-hydrogen) atoms. The third-order valence-corrected chi connectivity index (χ3v) is 5.91. The molecule has 0 aromatic carbocycles. The summed E-state index contributed by atoms with van der Waals surface area (Å²) in [6.45, 7) is 3.44. The second-order valence-electron chi connectivity index (χ2n) is 5.74. The Kier molecular flexibility index (Phi) is 3.73. The van der Waals surface area contributed by atoms with Crippen LogP contribution >= 0.6 is 11.3 Å². The van der Waals surface area contributed by atoms with Gasteiger partial charge in [-0.25, -0.2) is 0 Å². The second-order valence-corrected chi connectivity index (χ2v) is 6.99. The molecule has 2 unspecified atom stereocenters. The zero-order valence-electron chi connectivity index (χ0n) is 11.5. The Labute approximate surface area is 114 Å². The molecule has 2 aliphatic rings. The highest BCUT2D eigenvalue weighted by Crippen LogP contribution is 2.37. The number of rotatable bonds is 4. The highest BCUT2D eigenvalue weighted by atomic mass is 32.1. The summed E-state index contributed by atoms with van der Waals surface area (Å²) in [4.78, 5) is 5.87. The summed E-state index contributed by atoms with van der Waals surface area (Å²) in [6, 6.07) is 7.06. The average molecular weight is 264 g/mol. The Morgan fingerprint density at radius 1 is 1.22 bits per heavy atom. The Bertz CT molecular complexity index is 387. The fraction of sp³-hybridized carbons (Fsp3) is 0.733. The van der Waals surface area contributed by atoms with Gasteiger partial charge < -0.3 is 5.32 Å². The minimum absolute atomic E-state index is 0.758.